The van der Waals surface area contributed by atoms with Gasteiger partial charge in [0.2, 0.25) is 0 Å². The van der Waals surface area contributed by atoms with Crippen LogP contribution in [0.1, 0.15) is 6.42 Å². The predicted molar refractivity (Wildman–Crippen MR) is 89.6 cm³/mol. The van der Waals surface area contributed by atoms with E-state index >= 15 is 0 Å². The Balaban J connectivity index is 2.19. The van der Waals surface area contributed by atoms with Gasteiger partial charge in [-0.25, -0.2) is 13.1 Å². The van der Waals surface area contributed by atoms with Crippen molar-refractivity contribution < 1.29 is 17.2 Å². The number of benzene rings is 2. The van der Waals surface area contributed by atoms with Crippen LogP contribution in [0.15, 0.2) is 42.5 Å². The van der Waals surface area contributed by atoms with E-state index in [1.165, 1.54) is 4.31 Å². The van der Waals surface area contributed by atoms with Crippen molar-refractivity contribution in [2.45, 2.75) is 6.42 Å². The molecule has 0 spiro atoms. The molecule has 2 aromatic rings. The third-order valence-electron chi connectivity index (χ3n) is 3.50. The highest BCUT2D eigenvalue weighted by atomic mass is 79.9. The zero-order chi connectivity index (χ0) is 16.6. The van der Waals surface area contributed by atoms with E-state index in [9.17, 15) is 17.2 Å². The second-order valence-corrected chi connectivity index (χ2v) is 7.47. The molecule has 8 heteroatoms. The fraction of sp³-hybridized carbons (Fsp3) is 0.200. The summed E-state index contributed by atoms with van der Waals surface area (Å²) >= 11 is 3.27. The van der Waals surface area contributed by atoms with Crippen LogP contribution in [0.3, 0.4) is 0 Å². The molecule has 0 atom stereocenters. The first-order valence-corrected chi connectivity index (χ1v) is 9.41. The smallest absolute Gasteiger partial charge is 0.251 e. The molecule has 2 aromatic carbocycles. The number of hydrogen-bond acceptors (Lipinski definition) is 2. The van der Waals surface area contributed by atoms with Gasteiger partial charge in [0, 0.05) is 17.9 Å². The largest absolute Gasteiger partial charge is 0.331 e. The Labute approximate surface area is 141 Å². The van der Waals surface area contributed by atoms with Crippen LogP contribution in [0.25, 0.3) is 0 Å². The Morgan fingerprint density at radius 1 is 1.00 bits per heavy atom. The first-order chi connectivity index (χ1) is 11.0. The van der Waals surface area contributed by atoms with Gasteiger partial charge in [-0.1, -0.05) is 28.1 Å². The van der Waals surface area contributed by atoms with Gasteiger partial charge in [-0.05, 0) is 30.7 Å². The number of anilines is 3. The fourth-order valence-corrected chi connectivity index (χ4v) is 4.53. The maximum absolute atomic E-state index is 14.1. The van der Waals surface area contributed by atoms with Gasteiger partial charge >= 0.3 is 10.2 Å². The van der Waals surface area contributed by atoms with Crippen molar-refractivity contribution in [3.8, 4) is 0 Å². The van der Waals surface area contributed by atoms with Gasteiger partial charge in [-0.2, -0.15) is 8.42 Å². The molecule has 0 amide bonds. The molecule has 0 unspecified atom stereocenters. The van der Waals surface area contributed by atoms with Crippen molar-refractivity contribution in [3.05, 3.63) is 54.1 Å². The van der Waals surface area contributed by atoms with Crippen LogP contribution in [0, 0.1) is 11.6 Å². The molecular formula is C15H13BrF2N2O2S. The van der Waals surface area contributed by atoms with E-state index in [1.54, 1.807) is 24.3 Å². The van der Waals surface area contributed by atoms with E-state index < -0.39 is 21.8 Å². The third kappa shape index (κ3) is 2.70. The summed E-state index contributed by atoms with van der Waals surface area (Å²) in [5.74, 6) is -1.50. The van der Waals surface area contributed by atoms with Gasteiger partial charge in [-0.15, -0.1) is 0 Å². The molecule has 3 rings (SSSR count). The zero-order valence-electron chi connectivity index (χ0n) is 11.9. The molecule has 1 heterocycles. The van der Waals surface area contributed by atoms with Crippen molar-refractivity contribution in [3.63, 3.8) is 0 Å². The zero-order valence-corrected chi connectivity index (χ0v) is 14.3. The fourth-order valence-electron chi connectivity index (χ4n) is 2.53. The Morgan fingerprint density at radius 2 is 1.70 bits per heavy atom. The first-order valence-electron chi connectivity index (χ1n) is 6.90. The van der Waals surface area contributed by atoms with E-state index in [4.69, 9.17) is 0 Å². The molecular weight excluding hydrogens is 390 g/mol. The van der Waals surface area contributed by atoms with Crippen LogP contribution in [0.5, 0.6) is 0 Å². The summed E-state index contributed by atoms with van der Waals surface area (Å²) in [6.07, 6.45) is 0.590. The summed E-state index contributed by atoms with van der Waals surface area (Å²) in [6.45, 7) is 0.248. The van der Waals surface area contributed by atoms with E-state index in [-0.39, 0.29) is 12.2 Å². The summed E-state index contributed by atoms with van der Waals surface area (Å²) in [7, 11) is -4.01. The van der Waals surface area contributed by atoms with E-state index in [2.05, 4.69) is 15.9 Å². The van der Waals surface area contributed by atoms with Gasteiger partial charge < -0.3 is 0 Å². The Bertz CT molecular complexity index is 845. The minimum absolute atomic E-state index is 0.248. The molecule has 122 valence electrons. The number of hydrogen-bond donors (Lipinski definition) is 0. The highest BCUT2D eigenvalue weighted by Gasteiger charge is 2.41. The molecule has 0 fully saturated rings. The third-order valence-corrected chi connectivity index (χ3v) is 5.85. The molecule has 0 radical (unpaired) electrons. The van der Waals surface area contributed by atoms with Gasteiger partial charge in [0.1, 0.15) is 11.6 Å². The lowest BCUT2D eigenvalue weighted by Crippen LogP contribution is -2.36. The molecule has 0 aliphatic carbocycles. The molecule has 0 N–H and O–H groups in total. The topological polar surface area (TPSA) is 40.6 Å². The average Bonchev–Trinajstić information content (AvgIpc) is 2.74. The quantitative estimate of drug-likeness (QED) is 0.726. The van der Waals surface area contributed by atoms with Gasteiger partial charge in [-0.3, -0.25) is 4.31 Å². The molecule has 0 saturated heterocycles. The van der Waals surface area contributed by atoms with Crippen molar-refractivity contribution in [2.24, 2.45) is 0 Å². The minimum atomic E-state index is -4.01. The molecule has 0 bridgehead atoms. The molecule has 0 aromatic heterocycles. The summed E-state index contributed by atoms with van der Waals surface area (Å²) in [5, 5.41) is 0.634. The summed E-state index contributed by atoms with van der Waals surface area (Å²) in [5.41, 5.74) is 0.447. The van der Waals surface area contributed by atoms with Crippen LogP contribution >= 0.6 is 15.9 Å². The van der Waals surface area contributed by atoms with E-state index in [0.717, 1.165) is 22.5 Å². The summed E-state index contributed by atoms with van der Waals surface area (Å²) in [4.78, 5) is 0. The molecule has 4 nitrogen and oxygen atoms in total. The molecule has 1 aliphatic rings. The molecule has 23 heavy (non-hydrogen) atoms. The summed E-state index contributed by atoms with van der Waals surface area (Å²) < 4.78 is 55.5. The standard InChI is InChI=1S/C15H13BrF2N2O2S/c16-8-3-9-19-13-4-1-2-5-14(13)20(23(19,21)22)15-10-11(17)6-7-12(15)18/h1-2,4-7,10H,3,8-9H2. The number of nitrogens with zero attached hydrogens (tertiary/aromatic N) is 2. The SMILES string of the molecule is O=S1(=O)N(CCCBr)c2ccccc2N1c1cc(F)ccc1F. The first kappa shape index (κ1) is 16.2. The average molecular weight is 403 g/mol. The Kier molecular flexibility index (Phi) is 4.29. The van der Waals surface area contributed by atoms with Gasteiger partial charge in [0.25, 0.3) is 0 Å². The predicted octanol–water partition coefficient (Wildman–Crippen LogP) is 3.95. The van der Waals surface area contributed by atoms with Crippen LogP contribution < -0.4 is 8.61 Å². The number of rotatable bonds is 4. The number of para-hydroxylation sites is 2. The highest BCUT2D eigenvalue weighted by Crippen LogP contribution is 2.45. The lowest BCUT2D eigenvalue weighted by atomic mass is 10.2. The Morgan fingerprint density at radius 3 is 2.39 bits per heavy atom. The highest BCUT2D eigenvalue weighted by molar-refractivity contribution is 9.09. The number of halogens is 3. The lowest BCUT2D eigenvalue weighted by Gasteiger charge is -2.22. The maximum atomic E-state index is 14.1. The van der Waals surface area contributed by atoms with Gasteiger partial charge in [0.05, 0.1) is 17.1 Å². The van der Waals surface area contributed by atoms with Crippen molar-refractivity contribution in [2.75, 3.05) is 20.5 Å². The summed E-state index contributed by atoms with van der Waals surface area (Å²) in [6, 6.07) is 9.36. The van der Waals surface area contributed by atoms with Crippen LogP contribution in [-0.2, 0) is 10.2 Å². The normalized spacial score (nSPS) is 15.8. The van der Waals surface area contributed by atoms with Crippen LogP contribution in [-0.4, -0.2) is 20.3 Å². The maximum Gasteiger partial charge on any atom is 0.331 e. The lowest BCUT2D eigenvalue weighted by molar-refractivity contribution is 0.586. The number of fused-ring (bicyclic) bond motifs is 1. The molecule has 0 saturated carbocycles. The van der Waals surface area contributed by atoms with Crippen LogP contribution in [0.4, 0.5) is 25.8 Å². The number of alkyl halides is 1. The van der Waals surface area contributed by atoms with Crippen molar-refractivity contribution in [1.82, 2.24) is 0 Å². The van der Waals surface area contributed by atoms with Crippen molar-refractivity contribution >= 4 is 43.2 Å². The molecule has 1 aliphatic heterocycles. The minimum Gasteiger partial charge on any atom is -0.251 e. The van der Waals surface area contributed by atoms with Crippen molar-refractivity contribution in [1.29, 1.82) is 0 Å². The Hall–Kier alpha value is -1.67. The van der Waals surface area contributed by atoms with E-state index in [0.29, 0.717) is 23.1 Å². The second-order valence-electron chi connectivity index (χ2n) is 4.97. The van der Waals surface area contributed by atoms with Crippen LogP contribution in [0.2, 0.25) is 0 Å². The van der Waals surface area contributed by atoms with Gasteiger partial charge in [0.15, 0.2) is 0 Å². The van der Waals surface area contributed by atoms with E-state index in [1.807, 2.05) is 0 Å². The second kappa shape index (κ2) is 6.09. The monoisotopic (exact) mass is 402 g/mol.